The lowest BCUT2D eigenvalue weighted by atomic mass is 9.62. The van der Waals surface area contributed by atoms with Crippen LogP contribution in [0.2, 0.25) is 5.02 Å². The maximum absolute atomic E-state index is 16.2. The predicted molar refractivity (Wildman–Crippen MR) is 136 cm³/mol. The van der Waals surface area contributed by atoms with Crippen LogP contribution in [0.5, 0.6) is 0 Å². The van der Waals surface area contributed by atoms with Crippen LogP contribution in [0.3, 0.4) is 0 Å². The highest BCUT2D eigenvalue weighted by Crippen LogP contribution is 2.48. The van der Waals surface area contributed by atoms with Crippen molar-refractivity contribution in [1.82, 2.24) is 20.2 Å². The van der Waals surface area contributed by atoms with Crippen LogP contribution in [-0.4, -0.2) is 26.2 Å². The molecule has 4 aromatic rings. The van der Waals surface area contributed by atoms with Gasteiger partial charge in [-0.25, -0.2) is 19.2 Å². The Labute approximate surface area is 207 Å². The first-order valence-corrected chi connectivity index (χ1v) is 12.4. The highest BCUT2D eigenvalue weighted by atomic mass is 35.5. The standard InChI is InChI=1S/C27H24ClFN6/c1-14-15-8-10-17(11-9-15)22(14)32-27-21(29)20(16-6-4-3-5-7-16)24(30-2)25(33-27)23-19-12-18(28)13-31-26(19)35-34-23/h3-7,12-15,17,22H,8-11H2,1H3,(H,32,33)(H,31,34,35). The molecule has 2 N–H and O–H groups in total. The van der Waals surface area contributed by atoms with Crippen molar-refractivity contribution >= 4 is 34.1 Å². The van der Waals surface area contributed by atoms with Crippen molar-refractivity contribution in [2.24, 2.45) is 17.8 Å². The fourth-order valence-electron chi connectivity index (χ4n) is 6.02. The van der Waals surface area contributed by atoms with E-state index in [1.165, 1.54) is 19.0 Å². The predicted octanol–water partition coefficient (Wildman–Crippen LogP) is 7.27. The zero-order valence-electron chi connectivity index (χ0n) is 19.2. The van der Waals surface area contributed by atoms with Gasteiger partial charge >= 0.3 is 0 Å². The molecule has 0 spiro atoms. The van der Waals surface area contributed by atoms with Crippen LogP contribution >= 0.6 is 11.6 Å². The molecule has 0 saturated heterocycles. The van der Waals surface area contributed by atoms with Crippen LogP contribution in [0.25, 0.3) is 38.4 Å². The molecule has 0 aliphatic heterocycles. The molecule has 3 saturated carbocycles. The molecule has 3 aliphatic carbocycles. The van der Waals surface area contributed by atoms with Gasteiger partial charge in [-0.3, -0.25) is 5.10 Å². The molecule has 7 rings (SSSR count). The van der Waals surface area contributed by atoms with Crippen molar-refractivity contribution in [3.8, 4) is 22.5 Å². The Morgan fingerprint density at radius 1 is 1.14 bits per heavy atom. The second-order valence-corrected chi connectivity index (χ2v) is 10.1. The minimum atomic E-state index is -0.500. The number of aromatic amines is 1. The molecule has 3 aromatic heterocycles. The summed E-state index contributed by atoms with van der Waals surface area (Å²) in [5, 5.41) is 11.8. The molecule has 176 valence electrons. The first-order valence-electron chi connectivity index (χ1n) is 12.0. The molecule has 6 nitrogen and oxygen atoms in total. The van der Waals surface area contributed by atoms with Crippen molar-refractivity contribution in [3.63, 3.8) is 0 Å². The molecule has 3 heterocycles. The summed E-state index contributed by atoms with van der Waals surface area (Å²) < 4.78 is 16.2. The number of benzene rings is 1. The van der Waals surface area contributed by atoms with Gasteiger partial charge < -0.3 is 5.32 Å². The maximum atomic E-state index is 16.2. The van der Waals surface area contributed by atoms with E-state index in [1.807, 2.05) is 30.3 Å². The van der Waals surface area contributed by atoms with E-state index >= 15 is 4.39 Å². The van der Waals surface area contributed by atoms with Gasteiger partial charge in [0.15, 0.2) is 17.3 Å². The van der Waals surface area contributed by atoms with Crippen LogP contribution < -0.4 is 5.32 Å². The first kappa shape index (κ1) is 22.0. The summed E-state index contributed by atoms with van der Waals surface area (Å²) >= 11 is 6.22. The summed E-state index contributed by atoms with van der Waals surface area (Å²) in [5.74, 6) is 1.26. The van der Waals surface area contributed by atoms with Gasteiger partial charge in [-0.2, -0.15) is 5.10 Å². The number of fused-ring (bicyclic) bond motifs is 4. The molecule has 0 amide bonds. The Morgan fingerprint density at radius 3 is 2.60 bits per heavy atom. The van der Waals surface area contributed by atoms with Crippen molar-refractivity contribution < 1.29 is 4.39 Å². The summed E-state index contributed by atoms with van der Waals surface area (Å²) in [6, 6.07) is 11.1. The van der Waals surface area contributed by atoms with Crippen LogP contribution in [-0.2, 0) is 0 Å². The molecule has 3 aliphatic rings. The van der Waals surface area contributed by atoms with Crippen molar-refractivity contribution in [3.05, 3.63) is 64.9 Å². The average Bonchev–Trinajstić information content (AvgIpc) is 3.30. The number of rotatable bonds is 4. The molecule has 8 heteroatoms. The smallest absolute Gasteiger partial charge is 0.225 e. The number of nitrogens with zero attached hydrogens (tertiary/aromatic N) is 4. The van der Waals surface area contributed by atoms with E-state index in [9.17, 15) is 0 Å². The Balaban J connectivity index is 1.57. The Kier molecular flexibility index (Phi) is 5.42. The van der Waals surface area contributed by atoms with E-state index < -0.39 is 5.82 Å². The molecular formula is C27H24ClFN6. The molecule has 0 radical (unpaired) electrons. The SMILES string of the molecule is [C-]#[N+]c1c(-c2[nH]nc3ncc(Cl)cc23)nc(NC2C3CCC(CC3)C2C)c(F)c1-c1ccccc1. The zero-order chi connectivity index (χ0) is 24.1. The van der Waals surface area contributed by atoms with Gasteiger partial charge in [0.2, 0.25) is 5.69 Å². The first-order chi connectivity index (χ1) is 17.0. The van der Waals surface area contributed by atoms with Crippen LogP contribution in [0, 0.1) is 30.1 Å². The van der Waals surface area contributed by atoms with E-state index in [-0.39, 0.29) is 23.1 Å². The number of anilines is 1. The summed E-state index contributed by atoms with van der Waals surface area (Å²) in [6.45, 7) is 10.2. The summed E-state index contributed by atoms with van der Waals surface area (Å²) in [7, 11) is 0. The van der Waals surface area contributed by atoms with Gasteiger partial charge in [0, 0.05) is 23.2 Å². The van der Waals surface area contributed by atoms with E-state index in [4.69, 9.17) is 23.2 Å². The van der Waals surface area contributed by atoms with Crippen molar-refractivity contribution in [1.29, 1.82) is 0 Å². The normalized spacial score (nSPS) is 23.4. The van der Waals surface area contributed by atoms with Gasteiger partial charge in [-0.1, -0.05) is 48.9 Å². The van der Waals surface area contributed by atoms with E-state index in [1.54, 1.807) is 6.07 Å². The number of hydrogen-bond donors (Lipinski definition) is 2. The molecular weight excluding hydrogens is 463 g/mol. The fourth-order valence-corrected chi connectivity index (χ4v) is 6.17. The largest absolute Gasteiger partial charge is 0.364 e. The van der Waals surface area contributed by atoms with E-state index in [0.717, 1.165) is 12.8 Å². The second kappa shape index (κ2) is 8.62. The Hall–Kier alpha value is -3.50. The minimum Gasteiger partial charge on any atom is -0.364 e. The molecule has 35 heavy (non-hydrogen) atoms. The van der Waals surface area contributed by atoms with Crippen LogP contribution in [0.4, 0.5) is 15.9 Å². The molecule has 1 aromatic carbocycles. The Morgan fingerprint density at radius 2 is 1.89 bits per heavy atom. The van der Waals surface area contributed by atoms with Crippen LogP contribution in [0.15, 0.2) is 42.6 Å². The minimum absolute atomic E-state index is 0.128. The van der Waals surface area contributed by atoms with Gasteiger partial charge in [0.05, 0.1) is 23.0 Å². The molecule has 2 unspecified atom stereocenters. The summed E-state index contributed by atoms with van der Waals surface area (Å²) in [4.78, 5) is 12.7. The highest BCUT2D eigenvalue weighted by molar-refractivity contribution is 6.31. The lowest BCUT2D eigenvalue weighted by Gasteiger charge is -2.47. The summed E-state index contributed by atoms with van der Waals surface area (Å²) in [6.07, 6.45) is 6.31. The third-order valence-corrected chi connectivity index (χ3v) is 8.04. The zero-order valence-corrected chi connectivity index (χ0v) is 20.0. The van der Waals surface area contributed by atoms with E-state index in [2.05, 4.69) is 32.3 Å². The second-order valence-electron chi connectivity index (χ2n) is 9.65. The summed E-state index contributed by atoms with van der Waals surface area (Å²) in [5.41, 5.74) is 2.28. The van der Waals surface area contributed by atoms with Crippen molar-refractivity contribution in [2.75, 3.05) is 5.32 Å². The average molecular weight is 487 g/mol. The fraction of sp³-hybridized carbons (Fsp3) is 0.333. The maximum Gasteiger partial charge on any atom is 0.225 e. The topological polar surface area (TPSA) is 70.8 Å². The van der Waals surface area contributed by atoms with Crippen molar-refractivity contribution in [2.45, 2.75) is 38.6 Å². The monoisotopic (exact) mass is 486 g/mol. The third kappa shape index (κ3) is 3.64. The lowest BCUT2D eigenvalue weighted by Crippen LogP contribution is -2.47. The quantitative estimate of drug-likeness (QED) is 0.297. The highest BCUT2D eigenvalue weighted by Gasteiger charge is 2.42. The molecule has 2 atom stereocenters. The van der Waals surface area contributed by atoms with Crippen LogP contribution in [0.1, 0.15) is 32.6 Å². The number of H-pyrrole nitrogens is 1. The molecule has 3 fully saturated rings. The number of pyridine rings is 2. The number of aromatic nitrogens is 4. The van der Waals surface area contributed by atoms with Gasteiger partial charge in [0.25, 0.3) is 0 Å². The number of hydrogen-bond acceptors (Lipinski definition) is 4. The van der Waals surface area contributed by atoms with Gasteiger partial charge in [0.1, 0.15) is 0 Å². The number of nitrogens with one attached hydrogen (secondary N) is 2. The van der Waals surface area contributed by atoms with Gasteiger partial charge in [-0.05, 0) is 55.1 Å². The molecule has 2 bridgehead atoms. The Bertz CT molecular complexity index is 1450. The third-order valence-electron chi connectivity index (χ3n) is 7.84. The van der Waals surface area contributed by atoms with E-state index in [0.29, 0.717) is 50.8 Å². The number of halogens is 2. The lowest BCUT2D eigenvalue weighted by molar-refractivity contribution is 0.0926. The van der Waals surface area contributed by atoms with Gasteiger partial charge in [-0.15, -0.1) is 0 Å².